The highest BCUT2D eigenvalue weighted by atomic mass is 35.5. The van der Waals surface area contributed by atoms with E-state index in [1.165, 1.54) is 50.6 Å². The third-order valence-corrected chi connectivity index (χ3v) is 9.23. The summed E-state index contributed by atoms with van der Waals surface area (Å²) in [5, 5.41) is 10.6. The van der Waals surface area contributed by atoms with Crippen molar-refractivity contribution in [3.05, 3.63) is 40.3 Å². The molecule has 8 nitrogen and oxygen atoms in total. The van der Waals surface area contributed by atoms with Crippen molar-refractivity contribution in [2.75, 3.05) is 37.2 Å². The number of hydrogen-bond acceptors (Lipinski definition) is 5. The second-order valence-electron chi connectivity index (χ2n) is 11.7. The van der Waals surface area contributed by atoms with E-state index in [2.05, 4.69) is 20.6 Å². The molecule has 39 heavy (non-hydrogen) atoms. The molecule has 0 radical (unpaired) electrons. The number of nitrogens with two attached hydrogens (primary N) is 1. The number of hydrogen-bond donors (Lipinski definition) is 3. The Labute approximate surface area is 234 Å². The number of rotatable bonds is 9. The highest BCUT2D eigenvalue weighted by Crippen LogP contribution is 2.52. The molecule has 0 spiro atoms. The molecule has 1 aromatic heterocycles. The molecule has 2 amide bonds. The first-order valence-corrected chi connectivity index (χ1v) is 14.7. The lowest BCUT2D eigenvalue weighted by Gasteiger charge is -2.26. The van der Waals surface area contributed by atoms with Crippen molar-refractivity contribution in [3.63, 3.8) is 0 Å². The van der Waals surface area contributed by atoms with Crippen LogP contribution in [0.15, 0.2) is 18.2 Å². The minimum atomic E-state index is -0.542. The third kappa shape index (κ3) is 6.57. The number of fused-ring (bicyclic) bond motifs is 1. The minimum absolute atomic E-state index is 0.0565. The zero-order chi connectivity index (χ0) is 27.5. The van der Waals surface area contributed by atoms with E-state index in [0.29, 0.717) is 41.2 Å². The zero-order valence-corrected chi connectivity index (χ0v) is 23.5. The van der Waals surface area contributed by atoms with E-state index >= 15 is 0 Å². The number of aryl methyl sites for hydroxylation is 1. The summed E-state index contributed by atoms with van der Waals surface area (Å²) in [6.07, 6.45) is 9.54. The van der Waals surface area contributed by atoms with E-state index < -0.39 is 5.82 Å². The van der Waals surface area contributed by atoms with Gasteiger partial charge in [-0.2, -0.15) is 5.10 Å². The Morgan fingerprint density at radius 1 is 1.13 bits per heavy atom. The molecule has 1 aliphatic heterocycles. The van der Waals surface area contributed by atoms with Crippen molar-refractivity contribution >= 4 is 34.9 Å². The fourth-order valence-electron chi connectivity index (χ4n) is 6.97. The number of carbonyl (C=O) groups is 2. The Bertz CT molecular complexity index is 1180. The van der Waals surface area contributed by atoms with Crippen LogP contribution in [0.3, 0.4) is 0 Å². The molecule has 2 unspecified atom stereocenters. The van der Waals surface area contributed by atoms with Crippen LogP contribution in [0.2, 0.25) is 5.02 Å². The lowest BCUT2D eigenvalue weighted by Crippen LogP contribution is -2.32. The van der Waals surface area contributed by atoms with Gasteiger partial charge in [-0.1, -0.05) is 18.0 Å². The van der Waals surface area contributed by atoms with Crippen LogP contribution in [0.4, 0.5) is 15.9 Å². The highest BCUT2D eigenvalue weighted by Gasteiger charge is 2.44. The molecule has 2 aromatic rings. The van der Waals surface area contributed by atoms with E-state index in [4.69, 9.17) is 17.3 Å². The number of carbonyl (C=O) groups excluding carboxylic acids is 2. The number of amides is 2. The number of nitrogens with one attached hydrogen (secondary N) is 2. The van der Waals surface area contributed by atoms with Crippen molar-refractivity contribution in [3.8, 4) is 0 Å². The standard InChI is InChI=1S/C29H40ClFN6O2/c1-36-28(32)26(29(39)34-22-7-8-24(31)23(30)16-22)27(35-36)21-14-19-12-18(13-20(19)15-21)17-33-25(38)6-5-11-37-9-3-2-4-10-37/h7-8,16,18-21H,2-6,9-15,17,32H2,1H3,(H,33,38)(H,34,39). The van der Waals surface area contributed by atoms with Crippen molar-refractivity contribution in [2.24, 2.45) is 24.8 Å². The number of anilines is 2. The van der Waals surface area contributed by atoms with E-state index in [0.717, 1.165) is 50.9 Å². The normalized spacial score (nSPS) is 25.0. The molecule has 212 valence electrons. The highest BCUT2D eigenvalue weighted by molar-refractivity contribution is 6.31. The summed E-state index contributed by atoms with van der Waals surface area (Å²) in [5.74, 6) is 1.36. The molecule has 2 atom stereocenters. The Balaban J connectivity index is 1.11. The molecule has 5 rings (SSSR count). The maximum Gasteiger partial charge on any atom is 0.261 e. The molecule has 1 saturated heterocycles. The Hall–Kier alpha value is -2.65. The molecule has 4 N–H and O–H groups in total. The second kappa shape index (κ2) is 12.3. The van der Waals surface area contributed by atoms with Gasteiger partial charge >= 0.3 is 0 Å². The number of aromatic nitrogens is 2. The maximum absolute atomic E-state index is 13.5. The van der Waals surface area contributed by atoms with Gasteiger partial charge < -0.3 is 21.3 Å². The lowest BCUT2D eigenvalue weighted by atomic mass is 9.93. The van der Waals surface area contributed by atoms with Gasteiger partial charge in [-0.15, -0.1) is 0 Å². The first-order chi connectivity index (χ1) is 18.8. The van der Waals surface area contributed by atoms with Gasteiger partial charge in [0, 0.05) is 31.6 Å². The Morgan fingerprint density at radius 3 is 2.54 bits per heavy atom. The van der Waals surface area contributed by atoms with Gasteiger partial charge in [0.25, 0.3) is 5.91 Å². The summed E-state index contributed by atoms with van der Waals surface area (Å²) in [6.45, 7) is 4.13. The number of halogens is 2. The Kier molecular flexibility index (Phi) is 8.76. The summed E-state index contributed by atoms with van der Waals surface area (Å²) >= 11 is 5.88. The van der Waals surface area contributed by atoms with E-state index in [1.54, 1.807) is 11.7 Å². The SMILES string of the molecule is Cn1nc(C2CC3CC(CNC(=O)CCCN4CCCCC4)CC3C2)c(C(=O)Nc2ccc(F)c(Cl)c2)c1N. The van der Waals surface area contributed by atoms with Crippen LogP contribution in [0.5, 0.6) is 0 Å². The smallest absolute Gasteiger partial charge is 0.261 e. The van der Waals surface area contributed by atoms with Crippen LogP contribution in [-0.4, -0.2) is 52.7 Å². The predicted molar refractivity (Wildman–Crippen MR) is 151 cm³/mol. The van der Waals surface area contributed by atoms with E-state index in [9.17, 15) is 14.0 Å². The fraction of sp³-hybridized carbons (Fsp3) is 0.621. The molecular weight excluding hydrogens is 519 g/mol. The fourth-order valence-corrected chi connectivity index (χ4v) is 7.15. The largest absolute Gasteiger partial charge is 0.383 e. The van der Waals surface area contributed by atoms with Gasteiger partial charge in [-0.25, -0.2) is 4.39 Å². The van der Waals surface area contributed by atoms with Crippen molar-refractivity contribution in [1.29, 1.82) is 0 Å². The lowest BCUT2D eigenvalue weighted by molar-refractivity contribution is -0.121. The number of nitrogens with zero attached hydrogens (tertiary/aromatic N) is 3. The van der Waals surface area contributed by atoms with Gasteiger partial charge in [-0.3, -0.25) is 14.3 Å². The summed E-state index contributed by atoms with van der Waals surface area (Å²) < 4.78 is 15.1. The van der Waals surface area contributed by atoms with Crippen LogP contribution < -0.4 is 16.4 Å². The molecule has 10 heteroatoms. The van der Waals surface area contributed by atoms with Gasteiger partial charge in [0.05, 0.1) is 10.7 Å². The van der Waals surface area contributed by atoms with Gasteiger partial charge in [0.15, 0.2) is 0 Å². The van der Waals surface area contributed by atoms with Crippen molar-refractivity contribution in [2.45, 2.75) is 63.7 Å². The Morgan fingerprint density at radius 2 is 1.85 bits per heavy atom. The summed E-state index contributed by atoms with van der Waals surface area (Å²) in [7, 11) is 1.74. The average Bonchev–Trinajstić information content (AvgIpc) is 3.57. The van der Waals surface area contributed by atoms with Crippen LogP contribution in [0.1, 0.15) is 79.8 Å². The van der Waals surface area contributed by atoms with E-state index in [-0.39, 0.29) is 22.8 Å². The van der Waals surface area contributed by atoms with Crippen LogP contribution in [0, 0.1) is 23.6 Å². The minimum Gasteiger partial charge on any atom is -0.383 e. The number of piperidine rings is 1. The third-order valence-electron chi connectivity index (χ3n) is 8.94. The molecule has 2 saturated carbocycles. The van der Waals surface area contributed by atoms with Crippen LogP contribution in [0.25, 0.3) is 0 Å². The molecular formula is C29H40ClFN6O2. The summed E-state index contributed by atoms with van der Waals surface area (Å²) in [6, 6.07) is 4.08. The first kappa shape index (κ1) is 27.9. The first-order valence-electron chi connectivity index (χ1n) is 14.4. The van der Waals surface area contributed by atoms with E-state index in [1.807, 2.05) is 0 Å². The maximum atomic E-state index is 13.5. The number of likely N-dealkylation sites (tertiary alicyclic amines) is 1. The monoisotopic (exact) mass is 558 g/mol. The topological polar surface area (TPSA) is 105 Å². The summed E-state index contributed by atoms with van der Waals surface area (Å²) in [5.41, 5.74) is 7.79. The molecule has 2 heterocycles. The molecule has 3 fully saturated rings. The van der Waals surface area contributed by atoms with Crippen molar-refractivity contribution in [1.82, 2.24) is 20.0 Å². The number of benzene rings is 1. The van der Waals surface area contributed by atoms with Gasteiger partial charge in [0.2, 0.25) is 5.91 Å². The summed E-state index contributed by atoms with van der Waals surface area (Å²) in [4.78, 5) is 28.1. The van der Waals surface area contributed by atoms with Crippen LogP contribution >= 0.6 is 11.6 Å². The van der Waals surface area contributed by atoms with Gasteiger partial charge in [-0.05, 0) is 101 Å². The molecule has 3 aliphatic rings. The predicted octanol–water partition coefficient (Wildman–Crippen LogP) is 4.95. The van der Waals surface area contributed by atoms with Crippen molar-refractivity contribution < 1.29 is 14.0 Å². The molecule has 0 bridgehead atoms. The van der Waals surface area contributed by atoms with Gasteiger partial charge in [0.1, 0.15) is 17.2 Å². The second-order valence-corrected chi connectivity index (χ2v) is 12.1. The number of nitrogen functional groups attached to an aromatic ring is 1. The van der Waals surface area contributed by atoms with Crippen LogP contribution in [-0.2, 0) is 11.8 Å². The molecule has 1 aromatic carbocycles. The quantitative estimate of drug-likeness (QED) is 0.404. The average molecular weight is 559 g/mol. The molecule has 2 aliphatic carbocycles. The zero-order valence-electron chi connectivity index (χ0n) is 22.7.